The highest BCUT2D eigenvalue weighted by molar-refractivity contribution is 5.95. The van der Waals surface area contributed by atoms with Crippen LogP contribution in [0.15, 0.2) is 84.2 Å². The highest BCUT2D eigenvalue weighted by Gasteiger charge is 2.34. The summed E-state index contributed by atoms with van der Waals surface area (Å²) in [5.41, 5.74) is 3.39. The summed E-state index contributed by atoms with van der Waals surface area (Å²) < 4.78 is 16.1. The molecule has 0 aliphatic carbocycles. The molecule has 8 nitrogen and oxygen atoms in total. The van der Waals surface area contributed by atoms with E-state index in [2.05, 4.69) is 15.6 Å². The van der Waals surface area contributed by atoms with Gasteiger partial charge in [0.25, 0.3) is 0 Å². The Balaban J connectivity index is 1.65. The summed E-state index contributed by atoms with van der Waals surface area (Å²) in [4.78, 5) is 30.2. The van der Waals surface area contributed by atoms with E-state index in [0.717, 1.165) is 16.9 Å². The maximum Gasteiger partial charge on any atom is 0.338 e. The minimum atomic E-state index is -0.717. The summed E-state index contributed by atoms with van der Waals surface area (Å²) in [7, 11) is 3.14. The number of carbonyl (C=O) groups is 2. The van der Waals surface area contributed by atoms with E-state index in [-0.39, 0.29) is 6.61 Å². The van der Waals surface area contributed by atoms with Crippen LogP contribution in [0.4, 0.5) is 4.79 Å². The van der Waals surface area contributed by atoms with Gasteiger partial charge >= 0.3 is 12.0 Å². The first kappa shape index (κ1) is 23.8. The number of amides is 2. The van der Waals surface area contributed by atoms with Crippen molar-refractivity contribution in [3.05, 3.63) is 101 Å². The molecule has 1 aromatic heterocycles. The molecule has 0 saturated carbocycles. The number of benzene rings is 2. The summed E-state index contributed by atoms with van der Waals surface area (Å²) in [6, 6.07) is 19.5. The lowest BCUT2D eigenvalue weighted by atomic mass is 9.94. The molecule has 2 heterocycles. The molecule has 2 aromatic carbocycles. The Hall–Kier alpha value is -4.33. The lowest BCUT2D eigenvalue weighted by molar-refractivity contribution is -0.140. The van der Waals surface area contributed by atoms with Crippen LogP contribution in [0.25, 0.3) is 0 Å². The van der Waals surface area contributed by atoms with E-state index in [4.69, 9.17) is 14.2 Å². The van der Waals surface area contributed by atoms with E-state index in [9.17, 15) is 9.59 Å². The molecule has 180 valence electrons. The van der Waals surface area contributed by atoms with Crippen LogP contribution in [0.5, 0.6) is 11.6 Å². The van der Waals surface area contributed by atoms with Gasteiger partial charge in [-0.05, 0) is 47.7 Å². The zero-order valence-corrected chi connectivity index (χ0v) is 19.6. The molecule has 1 atom stereocenters. The van der Waals surface area contributed by atoms with Gasteiger partial charge in [0.2, 0.25) is 5.88 Å². The average Bonchev–Trinajstić information content (AvgIpc) is 2.91. The fourth-order valence-electron chi connectivity index (χ4n) is 3.89. The number of urea groups is 1. The Kier molecular flexibility index (Phi) is 7.62. The molecule has 0 radical (unpaired) electrons. The number of carbonyl (C=O) groups excluding carboxylic acids is 2. The number of methoxy groups -OCH3 is 2. The molecule has 3 aromatic rings. The number of pyridine rings is 1. The van der Waals surface area contributed by atoms with E-state index in [1.165, 1.54) is 7.11 Å². The van der Waals surface area contributed by atoms with Gasteiger partial charge in [-0.15, -0.1) is 0 Å². The molecular formula is C27H27N3O5. The van der Waals surface area contributed by atoms with Gasteiger partial charge in [0, 0.05) is 18.0 Å². The zero-order valence-electron chi connectivity index (χ0n) is 19.6. The number of aryl methyl sites for hydroxylation is 1. The predicted octanol–water partition coefficient (Wildman–Crippen LogP) is 4.08. The first-order chi connectivity index (χ1) is 17.1. The van der Waals surface area contributed by atoms with Crippen LogP contribution < -0.4 is 20.1 Å². The first-order valence-corrected chi connectivity index (χ1v) is 11.2. The molecule has 0 spiro atoms. The number of rotatable bonds is 9. The third-order valence-electron chi connectivity index (χ3n) is 5.69. The molecular weight excluding hydrogens is 446 g/mol. The van der Waals surface area contributed by atoms with Crippen molar-refractivity contribution in [2.24, 2.45) is 0 Å². The van der Waals surface area contributed by atoms with Gasteiger partial charge in [-0.1, -0.05) is 42.5 Å². The number of hydrogen-bond donors (Lipinski definition) is 2. The van der Waals surface area contributed by atoms with Crippen molar-refractivity contribution in [2.75, 3.05) is 14.2 Å². The zero-order chi connectivity index (χ0) is 24.6. The van der Waals surface area contributed by atoms with E-state index >= 15 is 0 Å². The van der Waals surface area contributed by atoms with Crippen LogP contribution in [0, 0.1) is 0 Å². The van der Waals surface area contributed by atoms with Gasteiger partial charge in [0.15, 0.2) is 0 Å². The Labute approximate surface area is 203 Å². The van der Waals surface area contributed by atoms with Gasteiger partial charge in [-0.2, -0.15) is 0 Å². The standard InChI is InChI=1S/C27H27N3O5/c1-33-21-10-6-9-18(15-21)11-13-22-24(26(31)35-17-19-7-4-3-5-8-19)25(30-27(32)29-22)20-12-14-23(34-2)28-16-20/h3-10,12,14-16,25H,11,13,17H2,1-2H3,(H2,29,30,32). The highest BCUT2D eigenvalue weighted by atomic mass is 16.5. The number of aromatic nitrogens is 1. The van der Waals surface area contributed by atoms with Crippen molar-refractivity contribution in [3.63, 3.8) is 0 Å². The monoisotopic (exact) mass is 473 g/mol. The number of ether oxygens (including phenoxy) is 3. The maximum atomic E-state index is 13.4. The number of nitrogens with one attached hydrogen (secondary N) is 2. The Bertz CT molecular complexity index is 1210. The molecule has 1 aliphatic rings. The molecule has 0 bridgehead atoms. The van der Waals surface area contributed by atoms with Crippen molar-refractivity contribution in [3.8, 4) is 11.6 Å². The summed E-state index contributed by atoms with van der Waals surface area (Å²) in [6.07, 6.45) is 2.60. The SMILES string of the molecule is COc1cccc(CCC2=C(C(=O)OCc3ccccc3)C(c3ccc(OC)nc3)NC(=O)N2)c1. The molecule has 1 unspecified atom stereocenters. The minimum absolute atomic E-state index is 0.119. The van der Waals surface area contributed by atoms with Crippen molar-refractivity contribution in [2.45, 2.75) is 25.5 Å². The van der Waals surface area contributed by atoms with Crippen molar-refractivity contribution < 1.29 is 23.8 Å². The lowest BCUT2D eigenvalue weighted by Gasteiger charge is -2.29. The summed E-state index contributed by atoms with van der Waals surface area (Å²) >= 11 is 0. The Morgan fingerprint density at radius 3 is 2.46 bits per heavy atom. The van der Waals surface area contributed by atoms with Crippen LogP contribution in [0.2, 0.25) is 0 Å². The van der Waals surface area contributed by atoms with E-state index < -0.39 is 18.0 Å². The molecule has 0 saturated heterocycles. The number of allylic oxidation sites excluding steroid dienone is 1. The van der Waals surface area contributed by atoms with Crippen LogP contribution >= 0.6 is 0 Å². The van der Waals surface area contributed by atoms with Gasteiger partial charge in [0.05, 0.1) is 25.8 Å². The van der Waals surface area contributed by atoms with Crippen molar-refractivity contribution >= 4 is 12.0 Å². The van der Waals surface area contributed by atoms with Gasteiger partial charge in [-0.3, -0.25) is 0 Å². The van der Waals surface area contributed by atoms with E-state index in [1.54, 1.807) is 25.4 Å². The van der Waals surface area contributed by atoms with Gasteiger partial charge in [-0.25, -0.2) is 14.6 Å². The third kappa shape index (κ3) is 5.97. The average molecular weight is 474 g/mol. The quantitative estimate of drug-likeness (QED) is 0.455. The summed E-state index contributed by atoms with van der Waals surface area (Å²) in [5.74, 6) is 0.669. The smallest absolute Gasteiger partial charge is 0.338 e. The third-order valence-corrected chi connectivity index (χ3v) is 5.69. The first-order valence-electron chi connectivity index (χ1n) is 11.2. The van der Waals surface area contributed by atoms with Gasteiger partial charge < -0.3 is 24.8 Å². The van der Waals surface area contributed by atoms with Crippen LogP contribution in [0.1, 0.15) is 29.2 Å². The molecule has 2 amide bonds. The van der Waals surface area contributed by atoms with Crippen LogP contribution in [0.3, 0.4) is 0 Å². The number of esters is 1. The Morgan fingerprint density at radius 1 is 0.943 bits per heavy atom. The van der Waals surface area contributed by atoms with Crippen LogP contribution in [-0.2, 0) is 22.6 Å². The van der Waals surface area contributed by atoms with Crippen LogP contribution in [-0.4, -0.2) is 31.2 Å². The molecule has 0 fully saturated rings. The number of hydrogen-bond acceptors (Lipinski definition) is 6. The minimum Gasteiger partial charge on any atom is -0.497 e. The largest absolute Gasteiger partial charge is 0.497 e. The van der Waals surface area contributed by atoms with E-state index in [0.29, 0.717) is 35.6 Å². The summed E-state index contributed by atoms with van der Waals surface area (Å²) in [5, 5.41) is 5.66. The second-order valence-electron chi connectivity index (χ2n) is 7.97. The molecule has 1 aliphatic heterocycles. The fourth-order valence-corrected chi connectivity index (χ4v) is 3.89. The lowest BCUT2D eigenvalue weighted by Crippen LogP contribution is -2.46. The Morgan fingerprint density at radius 2 is 1.74 bits per heavy atom. The predicted molar refractivity (Wildman–Crippen MR) is 130 cm³/mol. The highest BCUT2D eigenvalue weighted by Crippen LogP contribution is 2.30. The second kappa shape index (κ2) is 11.2. The molecule has 2 N–H and O–H groups in total. The summed E-state index contributed by atoms with van der Waals surface area (Å²) in [6.45, 7) is 0.119. The van der Waals surface area contributed by atoms with Crippen molar-refractivity contribution in [1.82, 2.24) is 15.6 Å². The fraction of sp³-hybridized carbons (Fsp3) is 0.222. The molecule has 8 heteroatoms. The van der Waals surface area contributed by atoms with Gasteiger partial charge in [0.1, 0.15) is 12.4 Å². The second-order valence-corrected chi connectivity index (χ2v) is 7.97. The topological polar surface area (TPSA) is 98.8 Å². The van der Waals surface area contributed by atoms with E-state index in [1.807, 2.05) is 54.6 Å². The normalized spacial score (nSPS) is 15.1. The molecule has 35 heavy (non-hydrogen) atoms. The molecule has 4 rings (SSSR count). The number of nitrogens with zero attached hydrogens (tertiary/aromatic N) is 1. The van der Waals surface area contributed by atoms with Crippen molar-refractivity contribution in [1.29, 1.82) is 0 Å². The maximum absolute atomic E-state index is 13.4.